The Morgan fingerprint density at radius 3 is 2.55 bits per heavy atom. The molecule has 1 aliphatic rings. The molecule has 0 unspecified atom stereocenters. The number of nitriles is 1. The van der Waals surface area contributed by atoms with E-state index in [1.54, 1.807) is 12.3 Å². The van der Waals surface area contributed by atoms with Gasteiger partial charge in [-0.15, -0.1) is 0 Å². The second-order valence-electron chi connectivity index (χ2n) is 5.21. The van der Waals surface area contributed by atoms with Crippen LogP contribution in [-0.4, -0.2) is 47.0 Å². The number of nitrogens with zero attached hydrogens (tertiary/aromatic N) is 4. The molecule has 2 heterocycles. The van der Waals surface area contributed by atoms with Gasteiger partial charge in [0.15, 0.2) is 0 Å². The molecular weight excluding hydrogens is 263 g/mol. The summed E-state index contributed by atoms with van der Waals surface area (Å²) in [5.41, 5.74) is 1.08. The molecule has 102 valence electrons. The number of hydrogen-bond acceptors (Lipinski definition) is 5. The van der Waals surface area contributed by atoms with Gasteiger partial charge in [0.1, 0.15) is 6.07 Å². The molecule has 0 N–H and O–H groups in total. The van der Waals surface area contributed by atoms with Crippen molar-refractivity contribution in [3.8, 4) is 11.9 Å². The van der Waals surface area contributed by atoms with E-state index in [2.05, 4.69) is 28.6 Å². The van der Waals surface area contributed by atoms with Crippen molar-refractivity contribution in [3.05, 3.63) is 23.4 Å². The Morgan fingerprint density at radius 2 is 2.00 bits per heavy atom. The van der Waals surface area contributed by atoms with Crippen LogP contribution in [-0.2, 0) is 6.54 Å². The molecule has 6 heteroatoms. The molecule has 0 spiro atoms. The molecule has 1 aliphatic heterocycles. The maximum absolute atomic E-state index is 11.3. The molecular formula is C14H19N4NaO. The van der Waals surface area contributed by atoms with Gasteiger partial charge >= 0.3 is 29.6 Å². The van der Waals surface area contributed by atoms with Crippen molar-refractivity contribution >= 4 is 0 Å². The molecule has 1 aromatic heterocycles. The van der Waals surface area contributed by atoms with Gasteiger partial charge in [0.05, 0.1) is 5.56 Å². The van der Waals surface area contributed by atoms with Crippen molar-refractivity contribution in [2.24, 2.45) is 0 Å². The Labute approximate surface area is 142 Å². The van der Waals surface area contributed by atoms with Crippen molar-refractivity contribution in [3.63, 3.8) is 0 Å². The summed E-state index contributed by atoms with van der Waals surface area (Å²) in [6, 6.07) is 4.14. The summed E-state index contributed by atoms with van der Waals surface area (Å²) in [6.07, 6.45) is 1.58. The summed E-state index contributed by atoms with van der Waals surface area (Å²) in [5.74, 6) is -0.434. The third-order valence-electron chi connectivity index (χ3n) is 3.57. The van der Waals surface area contributed by atoms with Crippen LogP contribution in [0.1, 0.15) is 25.0 Å². The fourth-order valence-electron chi connectivity index (χ4n) is 2.36. The molecule has 0 saturated carbocycles. The zero-order valence-electron chi connectivity index (χ0n) is 12.5. The quantitative estimate of drug-likeness (QED) is 0.576. The summed E-state index contributed by atoms with van der Waals surface area (Å²) < 4.78 is 0. The molecule has 0 atom stereocenters. The first-order chi connectivity index (χ1) is 9.10. The zero-order valence-corrected chi connectivity index (χ0v) is 14.5. The van der Waals surface area contributed by atoms with E-state index < -0.39 is 5.88 Å². The molecule has 0 bridgehead atoms. The Hall–Kier alpha value is -0.640. The van der Waals surface area contributed by atoms with Crippen LogP contribution in [0.5, 0.6) is 5.88 Å². The van der Waals surface area contributed by atoms with Gasteiger partial charge in [0.25, 0.3) is 0 Å². The van der Waals surface area contributed by atoms with Crippen LogP contribution < -0.4 is 34.7 Å². The largest absolute Gasteiger partial charge is 1.00 e. The van der Waals surface area contributed by atoms with Crippen molar-refractivity contribution in [2.75, 3.05) is 26.2 Å². The van der Waals surface area contributed by atoms with Gasteiger partial charge < -0.3 is 5.11 Å². The first-order valence-corrected chi connectivity index (χ1v) is 6.62. The summed E-state index contributed by atoms with van der Waals surface area (Å²) >= 11 is 0. The van der Waals surface area contributed by atoms with Gasteiger partial charge in [-0.1, -0.05) is 0 Å². The fourth-order valence-corrected chi connectivity index (χ4v) is 2.36. The van der Waals surface area contributed by atoms with Gasteiger partial charge in [-0.25, -0.2) is 0 Å². The van der Waals surface area contributed by atoms with Gasteiger partial charge in [-0.05, 0) is 25.5 Å². The van der Waals surface area contributed by atoms with Gasteiger partial charge in [-0.2, -0.15) is 5.26 Å². The number of rotatable bonds is 3. The minimum Gasteiger partial charge on any atom is -0.858 e. The monoisotopic (exact) mass is 282 g/mol. The standard InChI is InChI=1S/C14H20N4O.Na/c1-11(2)18-5-3-17(4-6-18)10-12-7-13(8-15)14(19)16-9-12;/h7,9,11H,3-6,10H2,1-2H3,(H,16,19);/q;+1/p-1. The van der Waals surface area contributed by atoms with E-state index in [-0.39, 0.29) is 35.1 Å². The second kappa shape index (κ2) is 7.96. The van der Waals surface area contributed by atoms with Gasteiger partial charge in [0, 0.05) is 50.8 Å². The Kier molecular flexibility index (Phi) is 6.93. The van der Waals surface area contributed by atoms with Crippen LogP contribution in [0.3, 0.4) is 0 Å². The predicted octanol–water partition coefficient (Wildman–Crippen LogP) is -2.44. The summed E-state index contributed by atoms with van der Waals surface area (Å²) in [5, 5.41) is 20.1. The molecule has 2 rings (SSSR count). The maximum Gasteiger partial charge on any atom is 1.00 e. The molecule has 0 radical (unpaired) electrons. The van der Waals surface area contributed by atoms with E-state index in [0.717, 1.165) is 38.3 Å². The van der Waals surface area contributed by atoms with Crippen molar-refractivity contribution in [2.45, 2.75) is 26.4 Å². The summed E-state index contributed by atoms with van der Waals surface area (Å²) in [6.45, 7) is 9.34. The number of pyridine rings is 1. The van der Waals surface area contributed by atoms with Crippen molar-refractivity contribution in [1.82, 2.24) is 14.8 Å². The molecule has 1 saturated heterocycles. The Balaban J connectivity index is 0.00000200. The average Bonchev–Trinajstić information content (AvgIpc) is 2.41. The Bertz CT molecular complexity index is 479. The van der Waals surface area contributed by atoms with Crippen LogP contribution in [0.4, 0.5) is 0 Å². The van der Waals surface area contributed by atoms with E-state index in [1.165, 1.54) is 0 Å². The zero-order chi connectivity index (χ0) is 13.8. The van der Waals surface area contributed by atoms with Crippen LogP contribution in [0, 0.1) is 11.3 Å². The van der Waals surface area contributed by atoms with E-state index in [1.807, 2.05) is 6.07 Å². The third kappa shape index (κ3) is 4.44. The molecule has 1 aromatic rings. The number of aromatic nitrogens is 1. The van der Waals surface area contributed by atoms with Gasteiger partial charge in [-0.3, -0.25) is 14.8 Å². The maximum atomic E-state index is 11.3. The summed E-state index contributed by atoms with van der Waals surface area (Å²) in [7, 11) is 0. The van der Waals surface area contributed by atoms with Crippen LogP contribution in [0.15, 0.2) is 12.3 Å². The van der Waals surface area contributed by atoms with Crippen LogP contribution in [0.2, 0.25) is 0 Å². The minimum absolute atomic E-state index is 0. The second-order valence-corrected chi connectivity index (χ2v) is 5.21. The average molecular weight is 282 g/mol. The third-order valence-corrected chi connectivity index (χ3v) is 3.57. The molecule has 0 aliphatic carbocycles. The normalized spacial score (nSPS) is 16.7. The van der Waals surface area contributed by atoms with Crippen LogP contribution >= 0.6 is 0 Å². The predicted molar refractivity (Wildman–Crippen MR) is 70.4 cm³/mol. The topological polar surface area (TPSA) is 66.2 Å². The molecule has 1 fully saturated rings. The first-order valence-electron chi connectivity index (χ1n) is 6.62. The van der Waals surface area contributed by atoms with Crippen molar-refractivity contribution in [1.29, 1.82) is 5.26 Å². The van der Waals surface area contributed by atoms with Crippen molar-refractivity contribution < 1.29 is 34.7 Å². The number of hydrogen-bond donors (Lipinski definition) is 0. The van der Waals surface area contributed by atoms with Gasteiger partial charge in [0.2, 0.25) is 0 Å². The van der Waals surface area contributed by atoms with E-state index in [0.29, 0.717) is 6.04 Å². The first kappa shape index (κ1) is 17.4. The Morgan fingerprint density at radius 1 is 1.35 bits per heavy atom. The van der Waals surface area contributed by atoms with E-state index >= 15 is 0 Å². The smallest absolute Gasteiger partial charge is 0.858 e. The molecule has 0 amide bonds. The molecule has 20 heavy (non-hydrogen) atoms. The number of piperazine rings is 1. The fraction of sp³-hybridized carbons (Fsp3) is 0.571. The SMILES string of the molecule is CC(C)N1CCN(Cc2cnc([O-])c(C#N)c2)CC1.[Na+]. The summed E-state index contributed by atoms with van der Waals surface area (Å²) in [4.78, 5) is 8.53. The van der Waals surface area contributed by atoms with E-state index in [9.17, 15) is 5.11 Å². The molecule has 5 nitrogen and oxygen atoms in total. The molecule has 0 aromatic carbocycles. The van der Waals surface area contributed by atoms with Crippen LogP contribution in [0.25, 0.3) is 0 Å². The van der Waals surface area contributed by atoms with E-state index in [4.69, 9.17) is 5.26 Å². The minimum atomic E-state index is -0.434.